The van der Waals surface area contributed by atoms with Gasteiger partial charge in [-0.15, -0.1) is 0 Å². The highest BCUT2D eigenvalue weighted by molar-refractivity contribution is 5.59. The average Bonchev–Trinajstić information content (AvgIpc) is 2.90. The first-order chi connectivity index (χ1) is 9.79. The quantitative estimate of drug-likeness (QED) is 0.916. The number of hydrogen-bond donors (Lipinski definition) is 1. The van der Waals surface area contributed by atoms with Gasteiger partial charge in [-0.3, -0.25) is 0 Å². The zero-order chi connectivity index (χ0) is 15.6. The first kappa shape index (κ1) is 15.7. The Labute approximate surface area is 125 Å². The monoisotopic (exact) mass is 289 g/mol. The molecule has 1 aromatic carbocycles. The molecule has 0 saturated heterocycles. The van der Waals surface area contributed by atoms with Gasteiger partial charge in [0.25, 0.3) is 5.89 Å². The van der Waals surface area contributed by atoms with Crippen LogP contribution in [0.15, 0.2) is 22.7 Å². The molecule has 1 atom stereocenters. The third kappa shape index (κ3) is 3.68. The number of ether oxygens (including phenoxy) is 1. The minimum atomic E-state index is -0.774. The molecule has 2 rings (SSSR count). The summed E-state index contributed by atoms with van der Waals surface area (Å²) < 4.78 is 11.0. The van der Waals surface area contributed by atoms with E-state index in [4.69, 9.17) is 15.0 Å². The number of aromatic nitrogens is 2. The van der Waals surface area contributed by atoms with Crippen molar-refractivity contribution in [2.45, 2.75) is 46.3 Å². The molecule has 0 aliphatic heterocycles. The van der Waals surface area contributed by atoms with Crippen LogP contribution in [0.1, 0.15) is 37.7 Å². The van der Waals surface area contributed by atoms with E-state index in [1.165, 1.54) is 0 Å². The number of hydrogen-bond acceptors (Lipinski definition) is 5. The second-order valence-electron chi connectivity index (χ2n) is 6.02. The van der Waals surface area contributed by atoms with Crippen molar-refractivity contribution in [3.63, 3.8) is 0 Å². The molecule has 0 fully saturated rings. The lowest BCUT2D eigenvalue weighted by atomic mass is 10.0. The highest BCUT2D eigenvalue weighted by atomic mass is 16.5. The van der Waals surface area contributed by atoms with E-state index >= 15 is 0 Å². The maximum Gasteiger partial charge on any atom is 0.258 e. The predicted molar refractivity (Wildman–Crippen MR) is 81.8 cm³/mol. The number of benzene rings is 1. The highest BCUT2D eigenvalue weighted by Gasteiger charge is 2.29. The van der Waals surface area contributed by atoms with Gasteiger partial charge in [-0.25, -0.2) is 0 Å². The van der Waals surface area contributed by atoms with Crippen LogP contribution >= 0.6 is 0 Å². The molecule has 2 aromatic rings. The summed E-state index contributed by atoms with van der Waals surface area (Å²) >= 11 is 0. The maximum absolute atomic E-state index is 6.24. The third-order valence-electron chi connectivity index (χ3n) is 3.28. The van der Waals surface area contributed by atoms with Gasteiger partial charge in [0.1, 0.15) is 5.54 Å². The predicted octanol–water partition coefficient (Wildman–Crippen LogP) is 2.95. The summed E-state index contributed by atoms with van der Waals surface area (Å²) in [5.74, 6) is 0.950. The van der Waals surface area contributed by atoms with E-state index in [-0.39, 0.29) is 6.10 Å². The Bertz CT molecular complexity index is 618. The molecule has 0 amide bonds. The van der Waals surface area contributed by atoms with Crippen LogP contribution in [0.25, 0.3) is 11.5 Å². The standard InChI is InChI=1S/C16H23N3O2/c1-10(2)20-9-16(5,17)15-18-14(21-19-15)13-8-11(3)6-7-12(13)4/h6-8,10H,9,17H2,1-5H3. The van der Waals surface area contributed by atoms with Gasteiger partial charge >= 0.3 is 0 Å². The van der Waals surface area contributed by atoms with Gasteiger partial charge in [-0.05, 0) is 46.2 Å². The Hall–Kier alpha value is -1.72. The van der Waals surface area contributed by atoms with E-state index in [1.807, 2.05) is 46.8 Å². The van der Waals surface area contributed by atoms with Crippen LogP contribution in [0.2, 0.25) is 0 Å². The molecule has 5 heteroatoms. The van der Waals surface area contributed by atoms with Crippen LogP contribution in [-0.4, -0.2) is 22.9 Å². The molecule has 0 spiro atoms. The Morgan fingerprint density at radius 3 is 2.71 bits per heavy atom. The van der Waals surface area contributed by atoms with Crippen molar-refractivity contribution in [3.8, 4) is 11.5 Å². The molecule has 114 valence electrons. The smallest absolute Gasteiger partial charge is 0.258 e. The average molecular weight is 289 g/mol. The van der Waals surface area contributed by atoms with Crippen molar-refractivity contribution in [3.05, 3.63) is 35.2 Å². The molecule has 1 unspecified atom stereocenters. The van der Waals surface area contributed by atoms with Crippen LogP contribution in [0, 0.1) is 13.8 Å². The second-order valence-corrected chi connectivity index (χ2v) is 6.02. The van der Waals surface area contributed by atoms with Gasteiger partial charge in [0.05, 0.1) is 12.7 Å². The largest absolute Gasteiger partial charge is 0.376 e. The molecule has 0 saturated carbocycles. The van der Waals surface area contributed by atoms with Crippen LogP contribution in [-0.2, 0) is 10.3 Å². The molecule has 5 nitrogen and oxygen atoms in total. The number of nitrogens with zero attached hydrogens (tertiary/aromatic N) is 2. The fourth-order valence-corrected chi connectivity index (χ4v) is 1.94. The van der Waals surface area contributed by atoms with Gasteiger partial charge in [0.2, 0.25) is 0 Å². The first-order valence-electron chi connectivity index (χ1n) is 7.12. The third-order valence-corrected chi connectivity index (χ3v) is 3.28. The Morgan fingerprint density at radius 1 is 1.33 bits per heavy atom. The SMILES string of the molecule is Cc1ccc(C)c(-c2nc(C(C)(N)COC(C)C)no2)c1. The van der Waals surface area contributed by atoms with Gasteiger partial charge in [-0.1, -0.05) is 22.9 Å². The molecule has 1 heterocycles. The summed E-state index contributed by atoms with van der Waals surface area (Å²) in [6.45, 7) is 10.2. The van der Waals surface area contributed by atoms with Crippen molar-refractivity contribution in [1.29, 1.82) is 0 Å². The molecule has 0 aliphatic rings. The molecular weight excluding hydrogens is 266 g/mol. The van der Waals surface area contributed by atoms with Crippen LogP contribution in [0.5, 0.6) is 0 Å². The van der Waals surface area contributed by atoms with E-state index in [1.54, 1.807) is 0 Å². The summed E-state index contributed by atoms with van der Waals surface area (Å²) in [5, 5.41) is 4.02. The summed E-state index contributed by atoms with van der Waals surface area (Å²) in [6.07, 6.45) is 0.110. The molecule has 1 aromatic heterocycles. The topological polar surface area (TPSA) is 74.2 Å². The summed E-state index contributed by atoms with van der Waals surface area (Å²) in [7, 11) is 0. The van der Waals surface area contributed by atoms with E-state index in [0.29, 0.717) is 18.3 Å². The lowest BCUT2D eigenvalue weighted by molar-refractivity contribution is 0.0410. The number of nitrogens with two attached hydrogens (primary N) is 1. The second kappa shape index (κ2) is 5.95. The Balaban J connectivity index is 2.27. The zero-order valence-electron chi connectivity index (χ0n) is 13.3. The lowest BCUT2D eigenvalue weighted by Gasteiger charge is -2.21. The minimum absolute atomic E-state index is 0.110. The van der Waals surface area contributed by atoms with E-state index in [2.05, 4.69) is 16.2 Å². The van der Waals surface area contributed by atoms with Gasteiger partial charge in [0, 0.05) is 5.56 Å². The summed E-state index contributed by atoms with van der Waals surface area (Å²) in [6, 6.07) is 6.13. The molecule has 2 N–H and O–H groups in total. The fraction of sp³-hybridized carbons (Fsp3) is 0.500. The van der Waals surface area contributed by atoms with Crippen LogP contribution in [0.3, 0.4) is 0 Å². The normalized spacial score (nSPS) is 14.4. The van der Waals surface area contributed by atoms with Gasteiger partial charge in [-0.2, -0.15) is 4.98 Å². The van der Waals surface area contributed by atoms with E-state index < -0.39 is 5.54 Å². The van der Waals surface area contributed by atoms with Crippen molar-refractivity contribution in [2.75, 3.05) is 6.61 Å². The van der Waals surface area contributed by atoms with Gasteiger partial charge < -0.3 is 15.0 Å². The van der Waals surface area contributed by atoms with Crippen molar-refractivity contribution < 1.29 is 9.26 Å². The molecule has 0 aliphatic carbocycles. The van der Waals surface area contributed by atoms with Crippen LogP contribution < -0.4 is 5.73 Å². The number of aryl methyl sites for hydroxylation is 2. The minimum Gasteiger partial charge on any atom is -0.376 e. The Kier molecular flexibility index (Phi) is 4.44. The lowest BCUT2D eigenvalue weighted by Crippen LogP contribution is -2.40. The molecule has 0 radical (unpaired) electrons. The maximum atomic E-state index is 6.24. The molecular formula is C16H23N3O2. The summed E-state index contributed by atoms with van der Waals surface area (Å²) in [4.78, 5) is 4.45. The van der Waals surface area contributed by atoms with Crippen LogP contribution in [0.4, 0.5) is 0 Å². The fourth-order valence-electron chi connectivity index (χ4n) is 1.94. The summed E-state index contributed by atoms with van der Waals surface area (Å²) in [5.41, 5.74) is 8.64. The zero-order valence-corrected chi connectivity index (χ0v) is 13.3. The van der Waals surface area contributed by atoms with Crippen molar-refractivity contribution in [2.24, 2.45) is 5.73 Å². The van der Waals surface area contributed by atoms with Gasteiger partial charge in [0.15, 0.2) is 5.82 Å². The number of rotatable bonds is 5. The molecule has 0 bridgehead atoms. The Morgan fingerprint density at radius 2 is 2.05 bits per heavy atom. The van der Waals surface area contributed by atoms with Crippen molar-refractivity contribution >= 4 is 0 Å². The first-order valence-corrected chi connectivity index (χ1v) is 7.12. The van der Waals surface area contributed by atoms with E-state index in [0.717, 1.165) is 16.7 Å². The molecule has 21 heavy (non-hydrogen) atoms. The van der Waals surface area contributed by atoms with Crippen molar-refractivity contribution in [1.82, 2.24) is 10.1 Å². The highest BCUT2D eigenvalue weighted by Crippen LogP contribution is 2.25. The van der Waals surface area contributed by atoms with E-state index in [9.17, 15) is 0 Å².